The second-order valence-electron chi connectivity index (χ2n) is 6.13. The number of hydrazone groups is 1. The summed E-state index contributed by atoms with van der Waals surface area (Å²) in [5.74, 6) is 0.762. The number of ether oxygens (including phenoxy) is 2. The molecule has 0 saturated heterocycles. The van der Waals surface area contributed by atoms with Gasteiger partial charge in [-0.15, -0.1) is 0 Å². The Hall–Kier alpha value is -3.42. The number of nitro benzene ring substituents is 1. The smallest absolute Gasteiger partial charge is 0.311 e. The fourth-order valence-corrected chi connectivity index (χ4v) is 2.68. The molecule has 0 radical (unpaired) electrons. The van der Waals surface area contributed by atoms with Crippen molar-refractivity contribution < 1.29 is 19.2 Å². The summed E-state index contributed by atoms with van der Waals surface area (Å²) in [6.07, 6.45) is 3.14. The van der Waals surface area contributed by atoms with E-state index in [1.165, 1.54) is 31.0 Å². The van der Waals surface area contributed by atoms with Gasteiger partial charge in [-0.25, -0.2) is 5.43 Å². The van der Waals surface area contributed by atoms with Crippen molar-refractivity contribution in [2.75, 3.05) is 14.2 Å². The molecule has 1 amide bonds. The molecule has 2 aromatic rings. The lowest BCUT2D eigenvalue weighted by Gasteiger charge is -2.07. The van der Waals surface area contributed by atoms with E-state index in [1.54, 1.807) is 13.2 Å². The summed E-state index contributed by atoms with van der Waals surface area (Å²) in [4.78, 5) is 22.4. The molecule has 1 N–H and O–H groups in total. The van der Waals surface area contributed by atoms with Crippen LogP contribution in [0.5, 0.6) is 11.5 Å². The van der Waals surface area contributed by atoms with Crippen LogP contribution in [0, 0.1) is 17.0 Å². The maximum atomic E-state index is 11.9. The normalized spacial score (nSPS) is 10.7. The maximum Gasteiger partial charge on any atom is 0.311 e. The van der Waals surface area contributed by atoms with E-state index in [9.17, 15) is 14.9 Å². The predicted octanol–water partition coefficient (Wildman–Crippen LogP) is 3.39. The highest BCUT2D eigenvalue weighted by atomic mass is 16.6. The van der Waals surface area contributed by atoms with Crippen LogP contribution in [0.15, 0.2) is 41.5 Å². The van der Waals surface area contributed by atoms with Crippen LogP contribution in [-0.2, 0) is 11.2 Å². The van der Waals surface area contributed by atoms with Crippen LogP contribution in [-0.4, -0.2) is 31.3 Å². The fourth-order valence-electron chi connectivity index (χ4n) is 2.68. The summed E-state index contributed by atoms with van der Waals surface area (Å²) in [5, 5.41) is 14.9. The van der Waals surface area contributed by atoms with E-state index >= 15 is 0 Å². The van der Waals surface area contributed by atoms with Crippen LogP contribution in [0.3, 0.4) is 0 Å². The van der Waals surface area contributed by atoms with Crippen molar-refractivity contribution in [1.29, 1.82) is 0 Å². The SMILES string of the molecule is COc1ccc(CCCC(=O)N/N=C\c2ccc(OC)c([N+](=O)[O-])c2)c(C)c1. The molecule has 0 aliphatic heterocycles. The van der Waals surface area contributed by atoms with Gasteiger partial charge in [0.15, 0.2) is 5.75 Å². The molecule has 0 fully saturated rings. The Balaban J connectivity index is 1.84. The van der Waals surface area contributed by atoms with E-state index in [0.717, 1.165) is 17.7 Å². The third kappa shape index (κ3) is 5.80. The molecule has 148 valence electrons. The van der Waals surface area contributed by atoms with Gasteiger partial charge in [-0.2, -0.15) is 5.10 Å². The van der Waals surface area contributed by atoms with E-state index in [0.29, 0.717) is 18.4 Å². The van der Waals surface area contributed by atoms with Crippen LogP contribution in [0.1, 0.15) is 29.5 Å². The van der Waals surface area contributed by atoms with Crippen LogP contribution in [0.4, 0.5) is 5.69 Å². The van der Waals surface area contributed by atoms with Crippen LogP contribution >= 0.6 is 0 Å². The van der Waals surface area contributed by atoms with Gasteiger partial charge in [0.2, 0.25) is 5.91 Å². The number of methoxy groups -OCH3 is 2. The quantitative estimate of drug-likeness (QED) is 0.405. The molecular weight excluding hydrogens is 362 g/mol. The Bertz CT molecular complexity index is 880. The number of carbonyl (C=O) groups excluding carboxylic acids is 1. The van der Waals surface area contributed by atoms with Gasteiger partial charge in [-0.05, 0) is 55.2 Å². The molecule has 0 aliphatic rings. The third-order valence-electron chi connectivity index (χ3n) is 4.20. The number of carbonyl (C=O) groups is 1. The van der Waals surface area contributed by atoms with Crippen molar-refractivity contribution in [2.45, 2.75) is 26.2 Å². The Kier molecular flexibility index (Phi) is 7.50. The minimum Gasteiger partial charge on any atom is -0.497 e. The third-order valence-corrected chi connectivity index (χ3v) is 4.20. The molecule has 0 atom stereocenters. The highest BCUT2D eigenvalue weighted by molar-refractivity contribution is 5.83. The first-order valence-electron chi connectivity index (χ1n) is 8.72. The molecule has 0 aromatic heterocycles. The van der Waals surface area contributed by atoms with Gasteiger partial charge in [0.25, 0.3) is 0 Å². The largest absolute Gasteiger partial charge is 0.497 e. The number of aryl methyl sites for hydroxylation is 2. The molecule has 8 nitrogen and oxygen atoms in total. The number of hydrogen-bond donors (Lipinski definition) is 1. The molecule has 0 aliphatic carbocycles. The first-order valence-corrected chi connectivity index (χ1v) is 8.72. The van der Waals surface area contributed by atoms with Crippen molar-refractivity contribution in [2.24, 2.45) is 5.10 Å². The van der Waals surface area contributed by atoms with Crippen molar-refractivity contribution in [1.82, 2.24) is 5.43 Å². The first-order chi connectivity index (χ1) is 13.4. The van der Waals surface area contributed by atoms with Gasteiger partial charge in [0.05, 0.1) is 25.4 Å². The minimum atomic E-state index is -0.532. The minimum absolute atomic E-state index is 0.160. The summed E-state index contributed by atoms with van der Waals surface area (Å²) >= 11 is 0. The average molecular weight is 385 g/mol. The average Bonchev–Trinajstić information content (AvgIpc) is 2.69. The van der Waals surface area contributed by atoms with E-state index in [2.05, 4.69) is 10.5 Å². The number of benzene rings is 2. The lowest BCUT2D eigenvalue weighted by molar-refractivity contribution is -0.385. The highest BCUT2D eigenvalue weighted by Gasteiger charge is 2.14. The van der Waals surface area contributed by atoms with Gasteiger partial charge in [-0.3, -0.25) is 14.9 Å². The van der Waals surface area contributed by atoms with Crippen molar-refractivity contribution in [3.05, 3.63) is 63.2 Å². The number of nitro groups is 1. The molecule has 0 spiro atoms. The van der Waals surface area contributed by atoms with Gasteiger partial charge in [0, 0.05) is 18.1 Å². The summed E-state index contributed by atoms with van der Waals surface area (Å²) in [7, 11) is 2.99. The zero-order valence-electron chi connectivity index (χ0n) is 16.1. The molecule has 0 heterocycles. The summed E-state index contributed by atoms with van der Waals surface area (Å²) < 4.78 is 10.1. The van der Waals surface area contributed by atoms with Gasteiger partial charge >= 0.3 is 5.69 Å². The predicted molar refractivity (Wildman–Crippen MR) is 106 cm³/mol. The highest BCUT2D eigenvalue weighted by Crippen LogP contribution is 2.26. The Labute approximate surface area is 163 Å². The number of hydrogen-bond acceptors (Lipinski definition) is 6. The van der Waals surface area contributed by atoms with E-state index in [-0.39, 0.29) is 17.3 Å². The molecule has 2 rings (SSSR count). The second kappa shape index (κ2) is 10.1. The van der Waals surface area contributed by atoms with E-state index in [4.69, 9.17) is 9.47 Å². The van der Waals surface area contributed by atoms with E-state index < -0.39 is 4.92 Å². The van der Waals surface area contributed by atoms with Crippen molar-refractivity contribution >= 4 is 17.8 Å². The lowest BCUT2D eigenvalue weighted by Crippen LogP contribution is -2.17. The van der Waals surface area contributed by atoms with Crippen LogP contribution in [0.25, 0.3) is 0 Å². The fraction of sp³-hybridized carbons (Fsp3) is 0.300. The van der Waals surface area contributed by atoms with Crippen molar-refractivity contribution in [3.63, 3.8) is 0 Å². The van der Waals surface area contributed by atoms with Gasteiger partial charge in [0.1, 0.15) is 5.75 Å². The number of rotatable bonds is 9. The lowest BCUT2D eigenvalue weighted by atomic mass is 10.0. The van der Waals surface area contributed by atoms with Gasteiger partial charge in [-0.1, -0.05) is 6.07 Å². The molecular formula is C20H23N3O5. The molecule has 0 saturated carbocycles. The number of amides is 1. The zero-order valence-corrected chi connectivity index (χ0v) is 16.1. The molecule has 0 bridgehead atoms. The topological polar surface area (TPSA) is 103 Å². The van der Waals surface area contributed by atoms with E-state index in [1.807, 2.05) is 25.1 Å². The maximum absolute atomic E-state index is 11.9. The second-order valence-corrected chi connectivity index (χ2v) is 6.13. The molecule has 8 heteroatoms. The summed E-state index contributed by atoms with van der Waals surface area (Å²) in [6, 6.07) is 10.3. The van der Waals surface area contributed by atoms with Gasteiger partial charge < -0.3 is 9.47 Å². The molecule has 0 unspecified atom stereocenters. The Morgan fingerprint density at radius 2 is 2.00 bits per heavy atom. The van der Waals surface area contributed by atoms with Crippen LogP contribution in [0.2, 0.25) is 0 Å². The zero-order chi connectivity index (χ0) is 20.5. The number of nitrogens with one attached hydrogen (secondary N) is 1. The monoisotopic (exact) mass is 385 g/mol. The standard InChI is InChI=1S/C20H23N3O5/c1-14-11-17(27-2)9-8-16(14)5-4-6-20(24)22-21-13-15-7-10-19(28-3)18(12-15)23(25)26/h7-13H,4-6H2,1-3H3,(H,22,24)/b21-13-. The summed E-state index contributed by atoms with van der Waals surface area (Å²) in [6.45, 7) is 2.01. The Morgan fingerprint density at radius 3 is 2.64 bits per heavy atom. The molecule has 2 aromatic carbocycles. The Morgan fingerprint density at radius 1 is 1.21 bits per heavy atom. The summed E-state index contributed by atoms with van der Waals surface area (Å²) in [5.41, 5.74) is 5.06. The van der Waals surface area contributed by atoms with Crippen LogP contribution < -0.4 is 14.9 Å². The first kappa shape index (κ1) is 20.9. The molecule has 28 heavy (non-hydrogen) atoms. The number of nitrogens with zero attached hydrogens (tertiary/aromatic N) is 2. The van der Waals surface area contributed by atoms with Crippen molar-refractivity contribution in [3.8, 4) is 11.5 Å².